The fourth-order valence-electron chi connectivity index (χ4n) is 3.31. The summed E-state index contributed by atoms with van der Waals surface area (Å²) in [5.41, 5.74) is 6.93. The van der Waals surface area contributed by atoms with E-state index in [2.05, 4.69) is 6.92 Å². The van der Waals surface area contributed by atoms with Gasteiger partial charge in [0.05, 0.1) is 6.10 Å². The number of allylic oxidation sites excluding steroid dienone is 1. The second kappa shape index (κ2) is 5.91. The molecule has 0 spiro atoms. The number of aliphatic hydroxyl groups is 1. The molecule has 0 bridgehead atoms. The van der Waals surface area contributed by atoms with Crippen LogP contribution in [0.1, 0.15) is 39.8 Å². The highest BCUT2D eigenvalue weighted by atomic mass is 16.3. The molecule has 3 rings (SSSR count). The normalized spacial score (nSPS) is 17.7. The maximum Gasteiger partial charge on any atom is 0.166 e. The van der Waals surface area contributed by atoms with E-state index in [0.717, 1.165) is 22.3 Å². The molecule has 2 N–H and O–H groups in total. The van der Waals surface area contributed by atoms with Gasteiger partial charge < -0.3 is 10.2 Å². The van der Waals surface area contributed by atoms with Crippen LogP contribution in [0, 0.1) is 27.7 Å². The van der Waals surface area contributed by atoms with Gasteiger partial charge in [0.15, 0.2) is 5.78 Å². The third-order valence-corrected chi connectivity index (χ3v) is 5.00. The van der Waals surface area contributed by atoms with E-state index in [1.165, 1.54) is 5.56 Å². The number of phenolic OH excluding ortho intramolecular Hbond substituents is 1. The summed E-state index contributed by atoms with van der Waals surface area (Å²) < 4.78 is 0. The van der Waals surface area contributed by atoms with Crippen LogP contribution in [0.2, 0.25) is 0 Å². The predicted octanol–water partition coefficient (Wildman–Crippen LogP) is 3.87. The van der Waals surface area contributed by atoms with Gasteiger partial charge in [-0.1, -0.05) is 24.3 Å². The number of carbonyl (C=O) groups is 1. The summed E-state index contributed by atoms with van der Waals surface area (Å²) in [7, 11) is 0. The van der Waals surface area contributed by atoms with Crippen LogP contribution in [0.3, 0.4) is 0 Å². The Morgan fingerprint density at radius 1 is 0.917 bits per heavy atom. The maximum atomic E-state index is 12.5. The number of aromatic hydroxyl groups is 1. The zero-order valence-corrected chi connectivity index (χ0v) is 14.5. The lowest BCUT2D eigenvalue weighted by molar-refractivity contribution is -0.114. The van der Waals surface area contributed by atoms with Gasteiger partial charge in [-0.15, -0.1) is 0 Å². The second-order valence-electron chi connectivity index (χ2n) is 6.67. The quantitative estimate of drug-likeness (QED) is 0.882. The van der Waals surface area contributed by atoms with E-state index in [4.69, 9.17) is 0 Å². The molecule has 3 nitrogen and oxygen atoms in total. The van der Waals surface area contributed by atoms with Gasteiger partial charge in [-0.3, -0.25) is 4.79 Å². The number of rotatable bonds is 2. The molecule has 0 heterocycles. The smallest absolute Gasteiger partial charge is 0.166 e. The Hall–Kier alpha value is -2.39. The van der Waals surface area contributed by atoms with Crippen molar-refractivity contribution in [3.63, 3.8) is 0 Å². The van der Waals surface area contributed by atoms with Gasteiger partial charge in [-0.25, -0.2) is 0 Å². The molecule has 24 heavy (non-hydrogen) atoms. The van der Waals surface area contributed by atoms with E-state index in [0.29, 0.717) is 16.7 Å². The SMILES string of the molecule is Cc1ccc(C2=C(c3cc(C)c(C)c(C)c3)C(=O)CC2O)cc1O. The van der Waals surface area contributed by atoms with Crippen molar-refractivity contribution in [3.05, 3.63) is 63.7 Å². The van der Waals surface area contributed by atoms with E-state index in [1.54, 1.807) is 12.1 Å². The molecule has 3 heteroatoms. The van der Waals surface area contributed by atoms with E-state index < -0.39 is 6.10 Å². The van der Waals surface area contributed by atoms with Crippen molar-refractivity contribution in [2.24, 2.45) is 0 Å². The predicted molar refractivity (Wildman–Crippen MR) is 95.9 cm³/mol. The highest BCUT2D eigenvalue weighted by Crippen LogP contribution is 2.39. The largest absolute Gasteiger partial charge is 0.508 e. The van der Waals surface area contributed by atoms with Crippen molar-refractivity contribution in [2.45, 2.75) is 40.2 Å². The number of aliphatic hydroxyl groups excluding tert-OH is 1. The molecule has 2 aromatic carbocycles. The van der Waals surface area contributed by atoms with E-state index >= 15 is 0 Å². The monoisotopic (exact) mass is 322 g/mol. The van der Waals surface area contributed by atoms with Crippen LogP contribution in [0.5, 0.6) is 5.75 Å². The minimum atomic E-state index is -0.837. The first kappa shape index (κ1) is 16.5. The van der Waals surface area contributed by atoms with Gasteiger partial charge in [0.1, 0.15) is 5.75 Å². The molecule has 0 amide bonds. The first-order valence-corrected chi connectivity index (χ1v) is 8.13. The summed E-state index contributed by atoms with van der Waals surface area (Å²) in [4.78, 5) is 12.5. The van der Waals surface area contributed by atoms with Gasteiger partial charge >= 0.3 is 0 Å². The molecule has 0 aromatic heterocycles. The summed E-state index contributed by atoms with van der Waals surface area (Å²) in [5, 5.41) is 20.4. The first-order valence-electron chi connectivity index (χ1n) is 8.13. The molecule has 124 valence electrons. The second-order valence-corrected chi connectivity index (χ2v) is 6.67. The number of carbonyl (C=O) groups excluding carboxylic acids is 1. The average Bonchev–Trinajstić information content (AvgIpc) is 2.81. The molecule has 1 aliphatic rings. The summed E-state index contributed by atoms with van der Waals surface area (Å²) in [6.07, 6.45) is -0.748. The summed E-state index contributed by atoms with van der Waals surface area (Å²) in [6, 6.07) is 9.28. The van der Waals surface area contributed by atoms with Crippen LogP contribution in [0.15, 0.2) is 30.3 Å². The minimum absolute atomic E-state index is 0.0554. The third kappa shape index (κ3) is 2.65. The standard InChI is InChI=1S/C21H22O3/c1-11-5-6-15(9-17(11)22)20-18(23)10-19(24)21(20)16-7-12(2)14(4)13(3)8-16/h5-9,18,22-23H,10H2,1-4H3. The Bertz CT molecular complexity index is 852. The van der Waals surface area contributed by atoms with Crippen molar-refractivity contribution in [1.82, 2.24) is 0 Å². The Balaban J connectivity index is 2.25. The molecule has 0 aliphatic heterocycles. The number of hydrogen-bond acceptors (Lipinski definition) is 3. The van der Waals surface area contributed by atoms with Crippen LogP contribution in [0.25, 0.3) is 11.1 Å². The van der Waals surface area contributed by atoms with E-state index in [1.807, 2.05) is 39.0 Å². The zero-order chi connectivity index (χ0) is 17.6. The van der Waals surface area contributed by atoms with Gasteiger partial charge in [0, 0.05) is 12.0 Å². The number of Topliss-reactive ketones (excluding diaryl/α,β-unsaturated/α-hetero) is 1. The third-order valence-electron chi connectivity index (χ3n) is 5.00. The molecule has 0 saturated carbocycles. The van der Waals surface area contributed by atoms with Gasteiger partial charge in [-0.05, 0) is 72.7 Å². The first-order chi connectivity index (χ1) is 11.3. The molecule has 1 unspecified atom stereocenters. The van der Waals surface area contributed by atoms with Crippen molar-refractivity contribution >= 4 is 16.9 Å². The number of phenols is 1. The van der Waals surface area contributed by atoms with E-state index in [9.17, 15) is 15.0 Å². The fourth-order valence-corrected chi connectivity index (χ4v) is 3.31. The zero-order valence-electron chi connectivity index (χ0n) is 14.5. The molecule has 1 atom stereocenters. The highest BCUT2D eigenvalue weighted by Gasteiger charge is 2.33. The van der Waals surface area contributed by atoms with Crippen molar-refractivity contribution < 1.29 is 15.0 Å². The minimum Gasteiger partial charge on any atom is -0.508 e. The van der Waals surface area contributed by atoms with Gasteiger partial charge in [-0.2, -0.15) is 0 Å². The fraction of sp³-hybridized carbons (Fsp3) is 0.286. The number of hydrogen-bond donors (Lipinski definition) is 2. The van der Waals surface area contributed by atoms with Crippen molar-refractivity contribution in [2.75, 3.05) is 0 Å². The lowest BCUT2D eigenvalue weighted by atomic mass is 9.91. The summed E-state index contributed by atoms with van der Waals surface area (Å²) in [6.45, 7) is 7.93. The molecule has 1 aliphatic carbocycles. The number of aryl methyl sites for hydroxylation is 3. The molecule has 0 radical (unpaired) electrons. The van der Waals surface area contributed by atoms with Crippen LogP contribution < -0.4 is 0 Å². The molecule has 0 saturated heterocycles. The summed E-state index contributed by atoms with van der Waals surface area (Å²) in [5.74, 6) is 0.113. The van der Waals surface area contributed by atoms with Crippen molar-refractivity contribution in [3.8, 4) is 5.75 Å². The van der Waals surface area contributed by atoms with Gasteiger partial charge in [0.25, 0.3) is 0 Å². The number of benzene rings is 2. The van der Waals surface area contributed by atoms with Gasteiger partial charge in [0.2, 0.25) is 0 Å². The highest BCUT2D eigenvalue weighted by molar-refractivity contribution is 6.32. The lowest BCUT2D eigenvalue weighted by Crippen LogP contribution is -2.05. The molecule has 2 aromatic rings. The summed E-state index contributed by atoms with van der Waals surface area (Å²) >= 11 is 0. The van der Waals surface area contributed by atoms with Crippen molar-refractivity contribution in [1.29, 1.82) is 0 Å². The maximum absolute atomic E-state index is 12.5. The Morgan fingerprint density at radius 3 is 2.12 bits per heavy atom. The average molecular weight is 322 g/mol. The Morgan fingerprint density at radius 2 is 1.54 bits per heavy atom. The topological polar surface area (TPSA) is 57.5 Å². The van der Waals surface area contributed by atoms with Crippen LogP contribution >= 0.6 is 0 Å². The molecule has 0 fully saturated rings. The Labute approximate surface area is 142 Å². The Kier molecular flexibility index (Phi) is 4.06. The van der Waals surface area contributed by atoms with E-state index in [-0.39, 0.29) is 18.0 Å². The molecular formula is C21H22O3. The van der Waals surface area contributed by atoms with Crippen LogP contribution in [-0.4, -0.2) is 22.1 Å². The molecular weight excluding hydrogens is 300 g/mol. The number of ketones is 1. The van der Waals surface area contributed by atoms with Crippen LogP contribution in [0.4, 0.5) is 0 Å². The van der Waals surface area contributed by atoms with Crippen LogP contribution in [-0.2, 0) is 4.79 Å². The lowest BCUT2D eigenvalue weighted by Gasteiger charge is -2.14.